The van der Waals surface area contributed by atoms with Gasteiger partial charge in [-0.05, 0) is 42.8 Å². The van der Waals surface area contributed by atoms with Crippen LogP contribution >= 0.6 is 0 Å². The van der Waals surface area contributed by atoms with Crippen LogP contribution in [0.3, 0.4) is 0 Å². The highest BCUT2D eigenvalue weighted by molar-refractivity contribution is 6.00. The number of benzene rings is 2. The smallest absolute Gasteiger partial charge is 0.187 e. The number of pyridine rings is 1. The number of anilines is 1. The molecular formula is C23H19N5. The normalized spacial score (nSPS) is 13.6. The Morgan fingerprint density at radius 2 is 1.93 bits per heavy atom. The number of fused-ring (bicyclic) bond motifs is 2. The molecule has 2 aromatic carbocycles. The second-order valence-electron chi connectivity index (χ2n) is 7.17. The van der Waals surface area contributed by atoms with Gasteiger partial charge in [0.25, 0.3) is 0 Å². The third-order valence-corrected chi connectivity index (χ3v) is 5.44. The molecule has 5 rings (SSSR count). The van der Waals surface area contributed by atoms with Crippen LogP contribution in [0.4, 0.5) is 5.69 Å². The summed E-state index contributed by atoms with van der Waals surface area (Å²) in [6, 6.07) is 17.2. The lowest BCUT2D eigenvalue weighted by Gasteiger charge is -2.24. The minimum absolute atomic E-state index is 0.404. The van der Waals surface area contributed by atoms with Crippen molar-refractivity contribution in [2.45, 2.75) is 25.8 Å². The number of nitriles is 1. The van der Waals surface area contributed by atoms with Crippen molar-refractivity contribution in [2.24, 2.45) is 0 Å². The summed E-state index contributed by atoms with van der Waals surface area (Å²) in [4.78, 5) is 6.70. The molecular weight excluding hydrogens is 346 g/mol. The van der Waals surface area contributed by atoms with Gasteiger partial charge in [0.1, 0.15) is 6.07 Å². The number of hydrogen-bond donors (Lipinski definition) is 0. The molecule has 0 bridgehead atoms. The van der Waals surface area contributed by atoms with Crippen LogP contribution in [0.15, 0.2) is 54.9 Å². The van der Waals surface area contributed by atoms with E-state index in [1.54, 1.807) is 0 Å². The van der Waals surface area contributed by atoms with Gasteiger partial charge in [0, 0.05) is 41.3 Å². The van der Waals surface area contributed by atoms with E-state index in [4.69, 9.17) is 0 Å². The number of hydrogen-bond acceptors (Lipinski definition) is 5. The van der Waals surface area contributed by atoms with Gasteiger partial charge in [-0.2, -0.15) is 5.26 Å². The predicted molar refractivity (Wildman–Crippen MR) is 111 cm³/mol. The Hall–Kier alpha value is -3.52. The quantitative estimate of drug-likeness (QED) is 0.524. The van der Waals surface area contributed by atoms with Crippen molar-refractivity contribution in [1.29, 1.82) is 5.26 Å². The number of aromatic nitrogens is 3. The molecule has 0 spiro atoms. The standard InChI is InChI=1S/C23H19N5/c1-2-28(17-8-9-17)23-19-10-7-15(11-21(19)26-27-22(23)12-24)20-14-25-13-16-5-3-4-6-18(16)20/h3-7,10-11,13-14,17H,2,8-9H2,1H3. The van der Waals surface area contributed by atoms with Gasteiger partial charge in [0.15, 0.2) is 5.69 Å². The van der Waals surface area contributed by atoms with E-state index in [0.29, 0.717) is 11.7 Å². The van der Waals surface area contributed by atoms with E-state index in [1.165, 1.54) is 12.8 Å². The molecule has 5 nitrogen and oxygen atoms in total. The highest BCUT2D eigenvalue weighted by Gasteiger charge is 2.31. The van der Waals surface area contributed by atoms with Gasteiger partial charge < -0.3 is 4.90 Å². The van der Waals surface area contributed by atoms with Crippen molar-refractivity contribution in [1.82, 2.24) is 15.2 Å². The molecule has 5 heteroatoms. The Morgan fingerprint density at radius 1 is 1.07 bits per heavy atom. The summed E-state index contributed by atoms with van der Waals surface area (Å²) < 4.78 is 0. The van der Waals surface area contributed by atoms with Crippen LogP contribution in [0, 0.1) is 11.3 Å². The molecule has 0 unspecified atom stereocenters. The Morgan fingerprint density at radius 3 is 2.71 bits per heavy atom. The first-order chi connectivity index (χ1) is 13.8. The minimum atomic E-state index is 0.404. The Kier molecular flexibility index (Phi) is 3.91. The monoisotopic (exact) mass is 365 g/mol. The van der Waals surface area contributed by atoms with Crippen LogP contribution in [-0.2, 0) is 0 Å². The van der Waals surface area contributed by atoms with Crippen molar-refractivity contribution < 1.29 is 0 Å². The van der Waals surface area contributed by atoms with Crippen LogP contribution in [0.1, 0.15) is 25.5 Å². The minimum Gasteiger partial charge on any atom is -0.366 e. The molecule has 2 aromatic heterocycles. The summed E-state index contributed by atoms with van der Waals surface area (Å²) in [5.74, 6) is 0. The maximum absolute atomic E-state index is 9.59. The van der Waals surface area contributed by atoms with Crippen molar-refractivity contribution in [3.63, 3.8) is 0 Å². The first kappa shape index (κ1) is 16.6. The van der Waals surface area contributed by atoms with Crippen molar-refractivity contribution in [3.8, 4) is 17.2 Å². The van der Waals surface area contributed by atoms with Crippen molar-refractivity contribution >= 4 is 27.4 Å². The molecule has 0 saturated heterocycles. The lowest BCUT2D eigenvalue weighted by Crippen LogP contribution is -2.26. The molecule has 136 valence electrons. The van der Waals surface area contributed by atoms with Gasteiger partial charge in [-0.3, -0.25) is 4.98 Å². The zero-order valence-electron chi connectivity index (χ0n) is 15.6. The average Bonchev–Trinajstić information content (AvgIpc) is 3.59. The third kappa shape index (κ3) is 2.66. The third-order valence-electron chi connectivity index (χ3n) is 5.44. The fourth-order valence-electron chi connectivity index (χ4n) is 3.96. The molecule has 0 atom stereocenters. The molecule has 0 amide bonds. The van der Waals surface area contributed by atoms with E-state index in [2.05, 4.69) is 63.4 Å². The zero-order chi connectivity index (χ0) is 19.1. The molecule has 1 aliphatic rings. The zero-order valence-corrected chi connectivity index (χ0v) is 15.6. The summed E-state index contributed by atoms with van der Waals surface area (Å²) >= 11 is 0. The largest absolute Gasteiger partial charge is 0.366 e. The highest BCUT2D eigenvalue weighted by Crippen LogP contribution is 2.38. The topological polar surface area (TPSA) is 65.7 Å². The SMILES string of the molecule is CCN(c1c(C#N)nnc2cc(-c3cncc4ccccc34)ccc12)C1CC1. The molecule has 28 heavy (non-hydrogen) atoms. The summed E-state index contributed by atoms with van der Waals surface area (Å²) in [6.07, 6.45) is 6.11. The van der Waals surface area contributed by atoms with E-state index >= 15 is 0 Å². The lowest BCUT2D eigenvalue weighted by molar-refractivity contribution is 0.821. The van der Waals surface area contributed by atoms with Crippen molar-refractivity contribution in [2.75, 3.05) is 11.4 Å². The maximum Gasteiger partial charge on any atom is 0.187 e. The van der Waals surface area contributed by atoms with Crippen LogP contribution in [-0.4, -0.2) is 27.8 Å². The summed E-state index contributed by atoms with van der Waals surface area (Å²) in [6.45, 7) is 2.98. The van der Waals surface area contributed by atoms with Gasteiger partial charge in [0.2, 0.25) is 0 Å². The Balaban J connectivity index is 1.71. The molecule has 0 N–H and O–H groups in total. The van der Waals surface area contributed by atoms with Crippen LogP contribution < -0.4 is 4.90 Å². The van der Waals surface area contributed by atoms with E-state index in [-0.39, 0.29) is 0 Å². The van der Waals surface area contributed by atoms with E-state index in [1.807, 2.05) is 24.5 Å². The molecule has 1 fully saturated rings. The van der Waals surface area contributed by atoms with Gasteiger partial charge in [-0.1, -0.05) is 30.3 Å². The molecule has 4 aromatic rings. The summed E-state index contributed by atoms with van der Waals surface area (Å²) in [5, 5.41) is 21.4. The molecule has 0 radical (unpaired) electrons. The van der Waals surface area contributed by atoms with Gasteiger partial charge in [-0.15, -0.1) is 10.2 Å². The highest BCUT2D eigenvalue weighted by atomic mass is 15.2. The average molecular weight is 365 g/mol. The first-order valence-corrected chi connectivity index (χ1v) is 9.60. The molecule has 0 aliphatic heterocycles. The fraction of sp³-hybridized carbons (Fsp3) is 0.217. The number of rotatable bonds is 4. The molecule has 2 heterocycles. The van der Waals surface area contributed by atoms with Gasteiger partial charge in [0.05, 0.1) is 11.2 Å². The van der Waals surface area contributed by atoms with Crippen LogP contribution in [0.2, 0.25) is 0 Å². The first-order valence-electron chi connectivity index (χ1n) is 9.60. The summed E-state index contributed by atoms with van der Waals surface area (Å²) in [7, 11) is 0. The maximum atomic E-state index is 9.59. The lowest BCUT2D eigenvalue weighted by atomic mass is 9.99. The van der Waals surface area contributed by atoms with Crippen molar-refractivity contribution in [3.05, 3.63) is 60.6 Å². The predicted octanol–water partition coefficient (Wildman–Crippen LogP) is 4.71. The second kappa shape index (κ2) is 6.58. The van der Waals surface area contributed by atoms with E-state index in [9.17, 15) is 5.26 Å². The Labute approximate surface area is 163 Å². The fourth-order valence-corrected chi connectivity index (χ4v) is 3.96. The van der Waals surface area contributed by atoms with Crippen LogP contribution in [0.25, 0.3) is 32.8 Å². The number of nitrogens with zero attached hydrogens (tertiary/aromatic N) is 5. The van der Waals surface area contributed by atoms with Crippen LogP contribution in [0.5, 0.6) is 0 Å². The molecule has 1 saturated carbocycles. The van der Waals surface area contributed by atoms with E-state index < -0.39 is 0 Å². The van der Waals surface area contributed by atoms with Gasteiger partial charge in [-0.25, -0.2) is 0 Å². The Bertz CT molecular complexity index is 1230. The van der Waals surface area contributed by atoms with Gasteiger partial charge >= 0.3 is 0 Å². The second-order valence-corrected chi connectivity index (χ2v) is 7.17. The van der Waals surface area contributed by atoms with E-state index in [0.717, 1.165) is 45.0 Å². The summed E-state index contributed by atoms with van der Waals surface area (Å²) in [5.41, 5.74) is 4.25. The molecule has 1 aliphatic carbocycles.